The maximum absolute atomic E-state index is 11.0. The lowest BCUT2D eigenvalue weighted by Gasteiger charge is -2.00. The van der Waals surface area contributed by atoms with Crippen molar-refractivity contribution in [2.45, 2.75) is 0 Å². The molecule has 0 saturated carbocycles. The van der Waals surface area contributed by atoms with Gasteiger partial charge in [-0.2, -0.15) is 0 Å². The van der Waals surface area contributed by atoms with E-state index in [1.165, 1.54) is 12.1 Å². The van der Waals surface area contributed by atoms with Crippen molar-refractivity contribution in [3.8, 4) is 11.3 Å². The van der Waals surface area contributed by atoms with Crippen LogP contribution in [-0.4, -0.2) is 20.5 Å². The standard InChI is InChI=1S/C14H10ClN3O2/c15-10-3-1-8(2-4-10)12-13(16)18-6-5-9(14(19)20)7-11(18)17-12/h1-7H,16H2,(H,19,20). The Bertz CT molecular complexity index is 809. The minimum absolute atomic E-state index is 0.171. The lowest BCUT2D eigenvalue weighted by atomic mass is 10.1. The minimum Gasteiger partial charge on any atom is -0.478 e. The van der Waals surface area contributed by atoms with Crippen LogP contribution in [0.3, 0.4) is 0 Å². The van der Waals surface area contributed by atoms with Gasteiger partial charge >= 0.3 is 5.97 Å². The highest BCUT2D eigenvalue weighted by molar-refractivity contribution is 6.30. The van der Waals surface area contributed by atoms with Crippen LogP contribution in [0.25, 0.3) is 16.9 Å². The Balaban J connectivity index is 2.19. The number of aromatic nitrogens is 2. The van der Waals surface area contributed by atoms with Gasteiger partial charge in [-0.3, -0.25) is 4.40 Å². The molecule has 5 nitrogen and oxygen atoms in total. The zero-order valence-electron chi connectivity index (χ0n) is 10.2. The van der Waals surface area contributed by atoms with E-state index >= 15 is 0 Å². The lowest BCUT2D eigenvalue weighted by Crippen LogP contribution is -1.99. The van der Waals surface area contributed by atoms with E-state index in [0.29, 0.717) is 22.2 Å². The van der Waals surface area contributed by atoms with Crippen molar-refractivity contribution < 1.29 is 9.90 Å². The van der Waals surface area contributed by atoms with E-state index in [4.69, 9.17) is 22.4 Å². The van der Waals surface area contributed by atoms with E-state index in [9.17, 15) is 4.79 Å². The van der Waals surface area contributed by atoms with Crippen molar-refractivity contribution in [3.63, 3.8) is 0 Å². The van der Waals surface area contributed by atoms with Crippen LogP contribution in [0.1, 0.15) is 10.4 Å². The normalized spacial score (nSPS) is 10.8. The molecule has 0 atom stereocenters. The molecule has 100 valence electrons. The van der Waals surface area contributed by atoms with E-state index < -0.39 is 5.97 Å². The van der Waals surface area contributed by atoms with Crippen LogP contribution in [0.5, 0.6) is 0 Å². The molecule has 0 saturated heterocycles. The molecule has 0 spiro atoms. The van der Waals surface area contributed by atoms with Crippen molar-refractivity contribution in [2.24, 2.45) is 0 Å². The average molecular weight is 288 g/mol. The number of fused-ring (bicyclic) bond motifs is 1. The van der Waals surface area contributed by atoms with Gasteiger partial charge in [0.1, 0.15) is 17.2 Å². The number of carboxylic acid groups (broad SMARTS) is 1. The third-order valence-electron chi connectivity index (χ3n) is 3.03. The Hall–Kier alpha value is -2.53. The van der Waals surface area contributed by atoms with Gasteiger partial charge in [0, 0.05) is 16.8 Å². The molecular weight excluding hydrogens is 278 g/mol. The number of nitrogens with zero attached hydrogens (tertiary/aromatic N) is 2. The Kier molecular flexibility index (Phi) is 2.84. The number of halogens is 1. The SMILES string of the molecule is Nc1c(-c2ccc(Cl)cc2)nc2cc(C(=O)O)ccn12. The maximum atomic E-state index is 11.0. The van der Waals surface area contributed by atoms with Gasteiger partial charge in [-0.05, 0) is 24.3 Å². The molecule has 0 amide bonds. The Morgan fingerprint density at radius 2 is 1.95 bits per heavy atom. The van der Waals surface area contributed by atoms with Crippen LogP contribution >= 0.6 is 11.6 Å². The van der Waals surface area contributed by atoms with Gasteiger partial charge in [0.2, 0.25) is 0 Å². The fourth-order valence-corrected chi connectivity index (χ4v) is 2.14. The highest BCUT2D eigenvalue weighted by Gasteiger charge is 2.13. The van der Waals surface area contributed by atoms with Crippen molar-refractivity contribution in [1.82, 2.24) is 9.38 Å². The van der Waals surface area contributed by atoms with E-state index in [-0.39, 0.29) is 5.56 Å². The van der Waals surface area contributed by atoms with Crippen molar-refractivity contribution in [3.05, 3.63) is 53.2 Å². The summed E-state index contributed by atoms with van der Waals surface area (Å²) in [6, 6.07) is 10.1. The molecule has 3 rings (SSSR count). The van der Waals surface area contributed by atoms with Gasteiger partial charge < -0.3 is 10.8 Å². The molecule has 0 bridgehead atoms. The molecule has 2 heterocycles. The second-order valence-corrected chi connectivity index (χ2v) is 4.74. The van der Waals surface area contributed by atoms with E-state index in [1.54, 1.807) is 22.7 Å². The zero-order chi connectivity index (χ0) is 14.3. The zero-order valence-corrected chi connectivity index (χ0v) is 11.0. The maximum Gasteiger partial charge on any atom is 0.335 e. The Labute approximate surface area is 119 Å². The molecule has 1 aromatic carbocycles. The summed E-state index contributed by atoms with van der Waals surface area (Å²) in [4.78, 5) is 15.3. The first-order valence-corrected chi connectivity index (χ1v) is 6.21. The Morgan fingerprint density at radius 3 is 2.60 bits per heavy atom. The molecule has 2 aromatic heterocycles. The third kappa shape index (κ3) is 1.98. The van der Waals surface area contributed by atoms with Crippen LogP contribution in [0.2, 0.25) is 5.02 Å². The minimum atomic E-state index is -0.998. The molecule has 6 heteroatoms. The van der Waals surface area contributed by atoms with Crippen LogP contribution in [0.15, 0.2) is 42.6 Å². The third-order valence-corrected chi connectivity index (χ3v) is 3.28. The highest BCUT2D eigenvalue weighted by Crippen LogP contribution is 2.27. The summed E-state index contributed by atoms with van der Waals surface area (Å²) in [6.07, 6.45) is 1.60. The molecule has 3 aromatic rings. The Morgan fingerprint density at radius 1 is 1.25 bits per heavy atom. The van der Waals surface area contributed by atoms with Crippen LogP contribution in [-0.2, 0) is 0 Å². The number of nitrogens with two attached hydrogens (primary N) is 1. The molecule has 0 fully saturated rings. The number of carbonyl (C=O) groups is 1. The number of aromatic carboxylic acids is 1. The topological polar surface area (TPSA) is 80.6 Å². The number of anilines is 1. The van der Waals surface area contributed by atoms with Gasteiger partial charge in [-0.15, -0.1) is 0 Å². The summed E-state index contributed by atoms with van der Waals surface area (Å²) in [6.45, 7) is 0. The van der Waals surface area contributed by atoms with E-state index in [2.05, 4.69) is 4.98 Å². The number of rotatable bonds is 2. The molecule has 0 aliphatic carbocycles. The molecule has 0 aliphatic rings. The number of benzene rings is 1. The summed E-state index contributed by atoms with van der Waals surface area (Å²) in [7, 11) is 0. The number of pyridine rings is 1. The van der Waals surface area contributed by atoms with Crippen LogP contribution in [0, 0.1) is 0 Å². The molecule has 20 heavy (non-hydrogen) atoms. The highest BCUT2D eigenvalue weighted by atomic mass is 35.5. The summed E-state index contributed by atoms with van der Waals surface area (Å²) >= 11 is 5.85. The fourth-order valence-electron chi connectivity index (χ4n) is 2.02. The van der Waals surface area contributed by atoms with E-state index in [1.807, 2.05) is 12.1 Å². The smallest absolute Gasteiger partial charge is 0.335 e. The molecule has 0 aliphatic heterocycles. The van der Waals surface area contributed by atoms with Gasteiger partial charge in [0.05, 0.1) is 5.56 Å². The first-order chi connectivity index (χ1) is 9.56. The molecule has 0 unspecified atom stereocenters. The van der Waals surface area contributed by atoms with Crippen LogP contribution < -0.4 is 5.73 Å². The fraction of sp³-hybridized carbons (Fsp3) is 0. The number of nitrogen functional groups attached to an aromatic ring is 1. The summed E-state index contributed by atoms with van der Waals surface area (Å²) < 4.78 is 1.65. The molecular formula is C14H10ClN3O2. The second-order valence-electron chi connectivity index (χ2n) is 4.30. The van der Waals surface area contributed by atoms with E-state index in [0.717, 1.165) is 5.56 Å². The largest absolute Gasteiger partial charge is 0.478 e. The van der Waals surface area contributed by atoms with Gasteiger partial charge in [-0.25, -0.2) is 9.78 Å². The second kappa shape index (κ2) is 4.54. The summed E-state index contributed by atoms with van der Waals surface area (Å²) in [5.74, 6) is -0.540. The molecule has 3 N–H and O–H groups in total. The predicted molar refractivity (Wildman–Crippen MR) is 77.0 cm³/mol. The monoisotopic (exact) mass is 287 g/mol. The number of hydrogen-bond donors (Lipinski definition) is 2. The van der Waals surface area contributed by atoms with Gasteiger partial charge in [-0.1, -0.05) is 23.7 Å². The van der Waals surface area contributed by atoms with Crippen molar-refractivity contribution in [1.29, 1.82) is 0 Å². The molecule has 0 radical (unpaired) electrons. The average Bonchev–Trinajstić information content (AvgIpc) is 2.76. The first-order valence-electron chi connectivity index (χ1n) is 5.83. The predicted octanol–water partition coefficient (Wildman–Crippen LogP) is 2.94. The van der Waals surface area contributed by atoms with Gasteiger partial charge in [0.25, 0.3) is 0 Å². The summed E-state index contributed by atoms with van der Waals surface area (Å²) in [5.41, 5.74) is 8.15. The number of carboxylic acids is 1. The first kappa shape index (κ1) is 12.5. The van der Waals surface area contributed by atoms with Gasteiger partial charge in [0.15, 0.2) is 0 Å². The van der Waals surface area contributed by atoms with Crippen molar-refractivity contribution >= 4 is 29.0 Å². The van der Waals surface area contributed by atoms with Crippen LogP contribution in [0.4, 0.5) is 5.82 Å². The summed E-state index contributed by atoms with van der Waals surface area (Å²) in [5, 5.41) is 9.61. The quantitative estimate of drug-likeness (QED) is 0.759. The number of hydrogen-bond acceptors (Lipinski definition) is 3. The number of imidazole rings is 1. The lowest BCUT2D eigenvalue weighted by molar-refractivity contribution is 0.0697. The van der Waals surface area contributed by atoms with Crippen molar-refractivity contribution in [2.75, 3.05) is 5.73 Å².